The first kappa shape index (κ1) is 24.9. The Kier molecular flexibility index (Phi) is 7.02. The summed E-state index contributed by atoms with van der Waals surface area (Å²) in [7, 11) is 1.78. The lowest BCUT2D eigenvalue weighted by atomic mass is 9.66. The van der Waals surface area contributed by atoms with Crippen molar-refractivity contribution in [3.63, 3.8) is 0 Å². The Morgan fingerprint density at radius 3 is 2.57 bits per heavy atom. The Morgan fingerprint density at radius 2 is 1.78 bits per heavy atom. The van der Waals surface area contributed by atoms with Crippen molar-refractivity contribution in [2.75, 3.05) is 33.3 Å². The second kappa shape index (κ2) is 10.4. The van der Waals surface area contributed by atoms with Crippen molar-refractivity contribution < 1.29 is 20.2 Å². The first-order valence-corrected chi connectivity index (χ1v) is 14.8. The van der Waals surface area contributed by atoms with Gasteiger partial charge < -0.3 is 20.3 Å². The lowest BCUT2D eigenvalue weighted by Crippen LogP contribution is -2.91. The molecular formula is C32H45N3O2+2. The van der Waals surface area contributed by atoms with E-state index in [9.17, 15) is 4.79 Å². The fourth-order valence-corrected chi connectivity index (χ4v) is 8.59. The molecule has 3 heterocycles. The molecule has 1 unspecified atom stereocenters. The largest absolute Gasteiger partial charge is 0.496 e. The Morgan fingerprint density at radius 1 is 1.00 bits per heavy atom. The molecule has 3 fully saturated rings. The summed E-state index contributed by atoms with van der Waals surface area (Å²) in [5, 5.41) is 4.83. The fraction of sp³-hybridized carbons (Fsp3) is 0.594. The average molecular weight is 504 g/mol. The number of hydrogen-bond donors (Lipinski definition) is 2. The molecule has 198 valence electrons. The smallest absolute Gasteiger partial charge is 0.233 e. The molecule has 37 heavy (non-hydrogen) atoms. The summed E-state index contributed by atoms with van der Waals surface area (Å²) in [5.41, 5.74) is 5.39. The van der Waals surface area contributed by atoms with Crippen molar-refractivity contribution in [3.05, 3.63) is 64.7 Å². The SMILES string of the molecule is COc1ccc(C)c2c1C[NH2+]C[C@]21C[NH2+]CC1C(=O)N1CC[C@@H](c2ccccc2)C[C@H]1C1CCCCC1. The van der Waals surface area contributed by atoms with Crippen molar-refractivity contribution in [3.8, 4) is 5.75 Å². The number of benzene rings is 2. The number of ether oxygens (including phenoxy) is 1. The minimum atomic E-state index is -0.114. The van der Waals surface area contributed by atoms with Crippen LogP contribution in [0, 0.1) is 18.8 Å². The first-order valence-electron chi connectivity index (χ1n) is 14.8. The molecule has 4 aliphatic rings. The van der Waals surface area contributed by atoms with E-state index < -0.39 is 0 Å². The Hall–Kier alpha value is -2.37. The van der Waals surface area contributed by atoms with E-state index in [0.717, 1.165) is 51.3 Å². The highest BCUT2D eigenvalue weighted by atomic mass is 16.5. The van der Waals surface area contributed by atoms with Crippen LogP contribution in [-0.4, -0.2) is 50.1 Å². The lowest BCUT2D eigenvalue weighted by molar-refractivity contribution is -0.691. The quantitative estimate of drug-likeness (QED) is 0.674. The van der Waals surface area contributed by atoms with Crippen LogP contribution in [0.1, 0.15) is 73.1 Å². The highest BCUT2D eigenvalue weighted by molar-refractivity contribution is 5.82. The number of quaternary nitrogens is 2. The Balaban J connectivity index is 1.33. The van der Waals surface area contributed by atoms with Gasteiger partial charge in [-0.1, -0.05) is 55.7 Å². The second-order valence-corrected chi connectivity index (χ2v) is 12.2. The van der Waals surface area contributed by atoms with E-state index in [2.05, 4.69) is 64.9 Å². The van der Waals surface area contributed by atoms with Gasteiger partial charge in [0.2, 0.25) is 5.91 Å². The summed E-state index contributed by atoms with van der Waals surface area (Å²) in [6, 6.07) is 15.8. The maximum Gasteiger partial charge on any atom is 0.233 e. The van der Waals surface area contributed by atoms with E-state index in [1.165, 1.54) is 54.4 Å². The zero-order valence-electron chi connectivity index (χ0n) is 22.8. The van der Waals surface area contributed by atoms with Crippen molar-refractivity contribution in [1.82, 2.24) is 4.90 Å². The predicted molar refractivity (Wildman–Crippen MR) is 146 cm³/mol. The van der Waals surface area contributed by atoms with Crippen LogP contribution < -0.4 is 15.4 Å². The van der Waals surface area contributed by atoms with Gasteiger partial charge in [0.15, 0.2) is 0 Å². The van der Waals surface area contributed by atoms with E-state index in [1.807, 2.05) is 0 Å². The number of amides is 1. The summed E-state index contributed by atoms with van der Waals surface area (Å²) in [4.78, 5) is 17.1. The standard InChI is InChI=1S/C32H43N3O2/c1-22-13-14-29(37-2)26-18-33-20-32(30(22)26)21-34-19-27(32)31(36)35-16-15-25(23-9-5-3-6-10-23)17-28(35)24-11-7-4-8-12-24/h3,5-6,9-10,13-14,24-25,27-28,33-34H,4,7-8,11-12,15-21H2,1-2H3/p+2/t25-,27?,28+,32-/m1/s1. The number of aryl methyl sites for hydroxylation is 1. The van der Waals surface area contributed by atoms with Crippen molar-refractivity contribution in [2.24, 2.45) is 11.8 Å². The number of piperidine rings is 1. The van der Waals surface area contributed by atoms with Crippen LogP contribution in [0.5, 0.6) is 5.75 Å². The molecule has 1 saturated carbocycles. The van der Waals surface area contributed by atoms with E-state index in [1.54, 1.807) is 7.11 Å². The number of fused-ring (bicyclic) bond motifs is 2. The van der Waals surface area contributed by atoms with Crippen LogP contribution in [0.25, 0.3) is 0 Å². The summed E-state index contributed by atoms with van der Waals surface area (Å²) in [6.07, 6.45) is 8.77. The van der Waals surface area contributed by atoms with Crippen molar-refractivity contribution >= 4 is 5.91 Å². The van der Waals surface area contributed by atoms with Gasteiger partial charge in [-0.3, -0.25) is 4.79 Å². The van der Waals surface area contributed by atoms with Crippen molar-refractivity contribution in [2.45, 2.75) is 75.8 Å². The van der Waals surface area contributed by atoms with Gasteiger partial charge >= 0.3 is 0 Å². The Labute approximate surface area is 222 Å². The molecule has 0 aromatic heterocycles. The van der Waals surface area contributed by atoms with Gasteiger partial charge in [0, 0.05) is 12.6 Å². The lowest BCUT2D eigenvalue weighted by Gasteiger charge is -2.47. The van der Waals surface area contributed by atoms with Gasteiger partial charge in [0.25, 0.3) is 0 Å². The summed E-state index contributed by atoms with van der Waals surface area (Å²) in [6.45, 7) is 6.97. The second-order valence-electron chi connectivity index (χ2n) is 12.2. The number of rotatable bonds is 4. The summed E-state index contributed by atoms with van der Waals surface area (Å²) < 4.78 is 5.81. The summed E-state index contributed by atoms with van der Waals surface area (Å²) >= 11 is 0. The third kappa shape index (κ3) is 4.38. The highest BCUT2D eigenvalue weighted by Crippen LogP contribution is 2.44. The molecule has 4 N–H and O–H groups in total. The van der Waals surface area contributed by atoms with Gasteiger partial charge in [0.1, 0.15) is 23.6 Å². The minimum Gasteiger partial charge on any atom is -0.496 e. The molecule has 2 saturated heterocycles. The molecular weight excluding hydrogens is 458 g/mol. The number of nitrogens with two attached hydrogens (primary N) is 2. The van der Waals surface area contributed by atoms with Gasteiger partial charge in [0.05, 0.1) is 32.3 Å². The maximum absolute atomic E-state index is 14.7. The van der Waals surface area contributed by atoms with Crippen LogP contribution in [-0.2, 0) is 16.8 Å². The molecule has 4 atom stereocenters. The molecule has 2 aromatic carbocycles. The van der Waals surface area contributed by atoms with Gasteiger partial charge in [-0.05, 0) is 67.2 Å². The highest BCUT2D eigenvalue weighted by Gasteiger charge is 2.58. The third-order valence-corrected chi connectivity index (χ3v) is 10.3. The molecule has 3 aliphatic heterocycles. The number of carbonyl (C=O) groups is 1. The van der Waals surface area contributed by atoms with Crippen LogP contribution in [0.15, 0.2) is 42.5 Å². The molecule has 1 aliphatic carbocycles. The molecule has 0 bridgehead atoms. The van der Waals surface area contributed by atoms with E-state index in [4.69, 9.17) is 4.74 Å². The number of hydrogen-bond acceptors (Lipinski definition) is 2. The van der Waals surface area contributed by atoms with E-state index >= 15 is 0 Å². The Bertz CT molecular complexity index is 1110. The van der Waals surface area contributed by atoms with E-state index in [-0.39, 0.29) is 11.3 Å². The van der Waals surface area contributed by atoms with Crippen LogP contribution in [0.4, 0.5) is 0 Å². The molecule has 2 aromatic rings. The molecule has 0 radical (unpaired) electrons. The summed E-state index contributed by atoms with van der Waals surface area (Å²) in [5.74, 6) is 2.67. The maximum atomic E-state index is 14.7. The number of nitrogens with zero attached hydrogens (tertiary/aromatic N) is 1. The molecule has 5 heteroatoms. The zero-order valence-corrected chi connectivity index (χ0v) is 22.8. The third-order valence-electron chi connectivity index (χ3n) is 10.3. The number of methoxy groups -OCH3 is 1. The minimum absolute atomic E-state index is 0.0352. The molecule has 5 nitrogen and oxygen atoms in total. The average Bonchev–Trinajstić information content (AvgIpc) is 3.37. The van der Waals surface area contributed by atoms with Crippen LogP contribution >= 0.6 is 0 Å². The van der Waals surface area contributed by atoms with Gasteiger partial charge in [-0.25, -0.2) is 0 Å². The number of likely N-dealkylation sites (tertiary alicyclic amines) is 1. The topological polar surface area (TPSA) is 62.8 Å². The molecule has 6 rings (SSSR count). The predicted octanol–water partition coefficient (Wildman–Crippen LogP) is 2.87. The fourth-order valence-electron chi connectivity index (χ4n) is 8.59. The normalized spacial score (nSPS) is 30.3. The van der Waals surface area contributed by atoms with Crippen LogP contribution in [0.3, 0.4) is 0 Å². The first-order chi connectivity index (χ1) is 18.1. The van der Waals surface area contributed by atoms with Crippen molar-refractivity contribution in [1.29, 1.82) is 0 Å². The van der Waals surface area contributed by atoms with Gasteiger partial charge in [-0.15, -0.1) is 0 Å². The van der Waals surface area contributed by atoms with Gasteiger partial charge in [-0.2, -0.15) is 0 Å². The van der Waals surface area contributed by atoms with E-state index in [0.29, 0.717) is 23.8 Å². The monoisotopic (exact) mass is 503 g/mol. The zero-order chi connectivity index (χ0) is 25.4. The molecule has 1 spiro atoms. The number of carbonyl (C=O) groups excluding carboxylic acids is 1. The molecule has 1 amide bonds. The van der Waals surface area contributed by atoms with Crippen LogP contribution in [0.2, 0.25) is 0 Å².